The maximum Gasteiger partial charge on any atom is 0.305 e. The van der Waals surface area contributed by atoms with E-state index in [4.69, 9.17) is 4.74 Å². The van der Waals surface area contributed by atoms with Crippen LogP contribution in [0.15, 0.2) is 36.5 Å². The zero-order valence-electron chi connectivity index (χ0n) is 46.3. The van der Waals surface area contributed by atoms with Gasteiger partial charge in [0.2, 0.25) is 5.91 Å². The third-order valence-electron chi connectivity index (χ3n) is 14.2. The van der Waals surface area contributed by atoms with E-state index in [-0.39, 0.29) is 18.5 Å². The lowest BCUT2D eigenvalue weighted by Gasteiger charge is -2.20. The van der Waals surface area contributed by atoms with Crippen molar-refractivity contribution in [3.8, 4) is 0 Å². The van der Waals surface area contributed by atoms with Crippen LogP contribution in [0.25, 0.3) is 0 Å². The number of carbonyl (C=O) groups is 2. The van der Waals surface area contributed by atoms with Gasteiger partial charge in [0.15, 0.2) is 0 Å². The van der Waals surface area contributed by atoms with E-state index >= 15 is 0 Å². The van der Waals surface area contributed by atoms with Crippen LogP contribution in [-0.2, 0) is 14.3 Å². The van der Waals surface area contributed by atoms with Crippen molar-refractivity contribution in [1.82, 2.24) is 5.32 Å². The first-order valence-electron chi connectivity index (χ1n) is 30.8. The van der Waals surface area contributed by atoms with E-state index in [2.05, 4.69) is 43.5 Å². The number of carbonyl (C=O) groups excluding carboxylic acids is 2. The Bertz CT molecular complexity index is 1120. The molecule has 3 N–H and O–H groups in total. The molecule has 0 heterocycles. The van der Waals surface area contributed by atoms with E-state index in [1.165, 1.54) is 250 Å². The molecule has 1 amide bonds. The van der Waals surface area contributed by atoms with Gasteiger partial charge in [-0.15, -0.1) is 0 Å². The number of aliphatic hydroxyl groups excluding tert-OH is 2. The highest BCUT2D eigenvalue weighted by atomic mass is 16.5. The van der Waals surface area contributed by atoms with Crippen LogP contribution in [0.4, 0.5) is 0 Å². The van der Waals surface area contributed by atoms with Crippen molar-refractivity contribution in [2.24, 2.45) is 0 Å². The molecule has 0 aliphatic heterocycles. The van der Waals surface area contributed by atoms with Crippen LogP contribution in [0, 0.1) is 0 Å². The van der Waals surface area contributed by atoms with Gasteiger partial charge < -0.3 is 20.3 Å². The summed E-state index contributed by atoms with van der Waals surface area (Å²) in [6.45, 7) is 4.87. The van der Waals surface area contributed by atoms with E-state index < -0.39 is 12.1 Å². The molecule has 69 heavy (non-hydrogen) atoms. The second kappa shape index (κ2) is 58.6. The van der Waals surface area contributed by atoms with E-state index in [0.29, 0.717) is 19.4 Å². The molecule has 0 bridgehead atoms. The summed E-state index contributed by atoms with van der Waals surface area (Å²) in [5.41, 5.74) is 0. The monoisotopic (exact) mass is 970 g/mol. The van der Waals surface area contributed by atoms with Crippen molar-refractivity contribution in [2.45, 2.75) is 341 Å². The largest absolute Gasteiger partial charge is 0.466 e. The van der Waals surface area contributed by atoms with Crippen LogP contribution in [0.2, 0.25) is 0 Å². The third-order valence-corrected chi connectivity index (χ3v) is 14.2. The number of ether oxygens (including phenoxy) is 1. The van der Waals surface area contributed by atoms with Crippen LogP contribution >= 0.6 is 0 Å². The SMILES string of the molecule is CCCCC/C=C\C/C=C\CCCCCCCCCCCC(=O)OCCCCCCCCCCCCCCCCCCCCCCCCCC(=O)NC(CO)C(O)/C=C/CCCCCCCCCC. The van der Waals surface area contributed by atoms with E-state index in [1.54, 1.807) is 6.08 Å². The smallest absolute Gasteiger partial charge is 0.305 e. The minimum atomic E-state index is -0.842. The highest BCUT2D eigenvalue weighted by Crippen LogP contribution is 2.17. The first-order valence-corrected chi connectivity index (χ1v) is 30.8. The summed E-state index contributed by atoms with van der Waals surface area (Å²) in [5.74, 6) is -0.0590. The summed E-state index contributed by atoms with van der Waals surface area (Å²) in [4.78, 5) is 24.5. The molecule has 0 spiro atoms. The highest BCUT2D eigenvalue weighted by Gasteiger charge is 2.18. The van der Waals surface area contributed by atoms with Crippen molar-refractivity contribution in [3.63, 3.8) is 0 Å². The molecule has 0 saturated carbocycles. The predicted molar refractivity (Wildman–Crippen MR) is 301 cm³/mol. The van der Waals surface area contributed by atoms with E-state index in [0.717, 1.165) is 51.4 Å². The molecule has 0 aromatic rings. The van der Waals surface area contributed by atoms with E-state index in [1.807, 2.05) is 6.08 Å². The number of allylic oxidation sites excluding steroid dienone is 5. The Morgan fingerprint density at radius 2 is 0.725 bits per heavy atom. The van der Waals surface area contributed by atoms with Crippen LogP contribution in [0.5, 0.6) is 0 Å². The Labute approximate surface area is 430 Å². The number of esters is 1. The fraction of sp³-hybridized carbons (Fsp3) is 0.873. The standard InChI is InChI=1S/C63H119NO5/c1-3-5-7-9-11-13-15-16-17-18-24-28-31-34-37-41-45-49-53-57-63(68)69-58-54-50-46-42-38-35-32-29-26-23-21-19-20-22-25-27-30-33-36-40-44-48-52-56-62(67)64-60(59-65)61(66)55-51-47-43-39-14-12-10-8-6-4-2/h11,13,16-17,51,55,60-61,65-66H,3-10,12,14-15,18-50,52-54,56-59H2,1-2H3,(H,64,67)/b13-11-,17-16-,55-51+. The number of hydrogen-bond donors (Lipinski definition) is 3. The molecule has 6 nitrogen and oxygen atoms in total. The topological polar surface area (TPSA) is 95.9 Å². The van der Waals surface area contributed by atoms with Gasteiger partial charge in [-0.1, -0.05) is 288 Å². The maximum atomic E-state index is 12.4. The van der Waals surface area contributed by atoms with Gasteiger partial charge >= 0.3 is 5.97 Å². The summed E-state index contributed by atoms with van der Waals surface area (Å²) in [6, 6.07) is -0.626. The number of hydrogen-bond acceptors (Lipinski definition) is 5. The Balaban J connectivity index is 3.35. The van der Waals surface area contributed by atoms with Crippen molar-refractivity contribution in [2.75, 3.05) is 13.2 Å². The molecule has 2 unspecified atom stereocenters. The Kier molecular flexibility index (Phi) is 57.0. The minimum Gasteiger partial charge on any atom is -0.466 e. The first-order chi connectivity index (χ1) is 34.0. The van der Waals surface area contributed by atoms with Gasteiger partial charge in [-0.05, 0) is 64.2 Å². The Morgan fingerprint density at radius 1 is 0.406 bits per heavy atom. The van der Waals surface area contributed by atoms with Crippen molar-refractivity contribution >= 4 is 11.9 Å². The van der Waals surface area contributed by atoms with Gasteiger partial charge in [-0.3, -0.25) is 9.59 Å². The van der Waals surface area contributed by atoms with Crippen LogP contribution in [-0.4, -0.2) is 47.4 Å². The number of nitrogens with one attached hydrogen (secondary N) is 1. The molecule has 0 aromatic heterocycles. The van der Waals surface area contributed by atoms with Gasteiger partial charge in [0.1, 0.15) is 0 Å². The van der Waals surface area contributed by atoms with Crippen LogP contribution < -0.4 is 5.32 Å². The molecule has 0 aromatic carbocycles. The number of amides is 1. The van der Waals surface area contributed by atoms with Crippen molar-refractivity contribution in [1.29, 1.82) is 0 Å². The lowest BCUT2D eigenvalue weighted by molar-refractivity contribution is -0.143. The summed E-state index contributed by atoms with van der Waals surface area (Å²) < 4.78 is 5.50. The lowest BCUT2D eigenvalue weighted by Crippen LogP contribution is -2.45. The number of unbranched alkanes of at least 4 members (excludes halogenated alkanes) is 42. The molecule has 0 fully saturated rings. The molecule has 6 heteroatoms. The summed E-state index contributed by atoms with van der Waals surface area (Å²) in [7, 11) is 0. The molecular formula is C63H119NO5. The molecule has 0 aliphatic carbocycles. The van der Waals surface area contributed by atoms with Gasteiger partial charge in [0.05, 0.1) is 25.4 Å². The van der Waals surface area contributed by atoms with Gasteiger partial charge in [-0.2, -0.15) is 0 Å². The van der Waals surface area contributed by atoms with E-state index in [9.17, 15) is 19.8 Å². The van der Waals surface area contributed by atoms with Crippen molar-refractivity contribution < 1.29 is 24.5 Å². The van der Waals surface area contributed by atoms with Crippen LogP contribution in [0.3, 0.4) is 0 Å². The second-order valence-electron chi connectivity index (χ2n) is 21.0. The zero-order valence-corrected chi connectivity index (χ0v) is 46.3. The lowest BCUT2D eigenvalue weighted by atomic mass is 10.0. The normalized spacial score (nSPS) is 12.8. The zero-order chi connectivity index (χ0) is 50.0. The van der Waals surface area contributed by atoms with Gasteiger partial charge in [-0.25, -0.2) is 0 Å². The molecule has 406 valence electrons. The molecule has 0 aliphatic rings. The molecule has 2 atom stereocenters. The third kappa shape index (κ3) is 55.2. The van der Waals surface area contributed by atoms with Gasteiger partial charge in [0.25, 0.3) is 0 Å². The highest BCUT2D eigenvalue weighted by molar-refractivity contribution is 5.76. The molecule has 0 radical (unpaired) electrons. The number of rotatable bonds is 57. The molecular weight excluding hydrogens is 851 g/mol. The van der Waals surface area contributed by atoms with Crippen molar-refractivity contribution in [3.05, 3.63) is 36.5 Å². The molecule has 0 saturated heterocycles. The van der Waals surface area contributed by atoms with Gasteiger partial charge in [0, 0.05) is 12.8 Å². The quantitative estimate of drug-likeness (QED) is 0.0321. The average molecular weight is 971 g/mol. The number of aliphatic hydroxyl groups is 2. The summed E-state index contributed by atoms with van der Waals surface area (Å²) >= 11 is 0. The van der Waals surface area contributed by atoms with Crippen LogP contribution in [0.1, 0.15) is 328 Å². The fourth-order valence-electron chi connectivity index (χ4n) is 9.43. The second-order valence-corrected chi connectivity index (χ2v) is 21.0. The molecule has 0 rings (SSSR count). The summed E-state index contributed by atoms with van der Waals surface area (Å²) in [5, 5.41) is 23.0. The first kappa shape index (κ1) is 67.1. The summed E-state index contributed by atoms with van der Waals surface area (Å²) in [6.07, 6.45) is 73.3. The maximum absolute atomic E-state index is 12.4. The Morgan fingerprint density at radius 3 is 1.13 bits per heavy atom. The predicted octanol–water partition coefficient (Wildman–Crippen LogP) is 19.2. The minimum absolute atomic E-state index is 0.00996. The Hall–Kier alpha value is -1.92. The average Bonchev–Trinajstić information content (AvgIpc) is 3.35. The fourth-order valence-corrected chi connectivity index (χ4v) is 9.43.